The zero-order valence-electron chi connectivity index (χ0n) is 14.6. The van der Waals surface area contributed by atoms with Crippen molar-refractivity contribution < 1.29 is 9.84 Å². The zero-order valence-corrected chi connectivity index (χ0v) is 14.6. The van der Waals surface area contributed by atoms with Crippen LogP contribution in [-0.4, -0.2) is 34.6 Å². The summed E-state index contributed by atoms with van der Waals surface area (Å²) in [6.45, 7) is 6.59. The molecule has 0 aliphatic rings. The van der Waals surface area contributed by atoms with Gasteiger partial charge in [0, 0.05) is 31.4 Å². The predicted molar refractivity (Wildman–Crippen MR) is 91.7 cm³/mol. The summed E-state index contributed by atoms with van der Waals surface area (Å²) in [7, 11) is 3.52. The molecule has 2 aromatic rings. The van der Waals surface area contributed by atoms with E-state index in [2.05, 4.69) is 36.4 Å². The Bertz CT molecular complexity index is 619. The van der Waals surface area contributed by atoms with E-state index in [1.807, 2.05) is 32.3 Å². The fraction of sp³-hybridized carbons (Fsp3) is 0.500. The summed E-state index contributed by atoms with van der Waals surface area (Å²) in [5.74, 6) is 1.19. The fourth-order valence-corrected chi connectivity index (χ4v) is 2.53. The van der Waals surface area contributed by atoms with Gasteiger partial charge in [-0.1, -0.05) is 19.1 Å². The Morgan fingerprint density at radius 1 is 1.30 bits per heavy atom. The first-order chi connectivity index (χ1) is 10.8. The van der Waals surface area contributed by atoms with Crippen LogP contribution in [0.1, 0.15) is 37.8 Å². The summed E-state index contributed by atoms with van der Waals surface area (Å²) < 4.78 is 6.90. The molecule has 1 aromatic carbocycles. The average molecular weight is 317 g/mol. The van der Waals surface area contributed by atoms with Gasteiger partial charge in [-0.2, -0.15) is 5.10 Å². The van der Waals surface area contributed by atoms with E-state index in [1.165, 1.54) is 5.56 Å². The Hall–Kier alpha value is -1.85. The van der Waals surface area contributed by atoms with Gasteiger partial charge < -0.3 is 15.2 Å². The van der Waals surface area contributed by atoms with E-state index in [0.29, 0.717) is 12.5 Å². The number of ether oxygens (including phenoxy) is 1. The van der Waals surface area contributed by atoms with Crippen LogP contribution in [0.2, 0.25) is 0 Å². The Labute approximate surface area is 138 Å². The number of benzene rings is 1. The number of nitrogens with one attached hydrogen (secondary N) is 1. The molecule has 0 amide bonds. The van der Waals surface area contributed by atoms with Crippen LogP contribution in [0.25, 0.3) is 0 Å². The molecule has 0 aliphatic heterocycles. The quantitative estimate of drug-likeness (QED) is 0.823. The van der Waals surface area contributed by atoms with E-state index in [-0.39, 0.29) is 6.04 Å². The van der Waals surface area contributed by atoms with Gasteiger partial charge in [-0.3, -0.25) is 4.68 Å². The van der Waals surface area contributed by atoms with Crippen LogP contribution >= 0.6 is 0 Å². The number of hydrogen-bond donors (Lipinski definition) is 2. The third kappa shape index (κ3) is 4.33. The smallest absolute Gasteiger partial charge is 0.118 e. The summed E-state index contributed by atoms with van der Waals surface area (Å²) in [6, 6.07) is 8.35. The van der Waals surface area contributed by atoms with E-state index in [0.717, 1.165) is 11.3 Å². The number of aromatic nitrogens is 2. The van der Waals surface area contributed by atoms with Crippen molar-refractivity contribution in [2.24, 2.45) is 7.05 Å². The van der Waals surface area contributed by atoms with Crippen molar-refractivity contribution in [2.45, 2.75) is 38.3 Å². The van der Waals surface area contributed by atoms with Gasteiger partial charge in [-0.25, -0.2) is 0 Å². The Morgan fingerprint density at radius 2 is 1.96 bits per heavy atom. The zero-order chi connectivity index (χ0) is 17.0. The van der Waals surface area contributed by atoms with Crippen molar-refractivity contribution in [3.05, 3.63) is 47.8 Å². The van der Waals surface area contributed by atoms with Gasteiger partial charge in [0.1, 0.15) is 11.4 Å². The molecule has 0 fully saturated rings. The minimum atomic E-state index is -0.942. The molecule has 0 saturated heterocycles. The first-order valence-electron chi connectivity index (χ1n) is 7.92. The number of methoxy groups -OCH3 is 1. The molecule has 5 heteroatoms. The minimum absolute atomic E-state index is 0.228. The summed E-state index contributed by atoms with van der Waals surface area (Å²) >= 11 is 0. The highest BCUT2D eigenvalue weighted by Crippen LogP contribution is 2.23. The lowest BCUT2D eigenvalue weighted by Crippen LogP contribution is -2.41. The molecule has 3 atom stereocenters. The highest BCUT2D eigenvalue weighted by Gasteiger charge is 2.26. The first kappa shape index (κ1) is 17.5. The number of nitrogens with zero attached hydrogens (tertiary/aromatic N) is 2. The minimum Gasteiger partial charge on any atom is -0.497 e. The molecule has 23 heavy (non-hydrogen) atoms. The van der Waals surface area contributed by atoms with Crippen LogP contribution in [0.15, 0.2) is 36.7 Å². The van der Waals surface area contributed by atoms with Crippen molar-refractivity contribution in [3.8, 4) is 5.75 Å². The van der Waals surface area contributed by atoms with Crippen LogP contribution < -0.4 is 10.1 Å². The summed E-state index contributed by atoms with van der Waals surface area (Å²) in [5, 5.41) is 18.2. The van der Waals surface area contributed by atoms with Crippen molar-refractivity contribution in [1.29, 1.82) is 0 Å². The number of rotatable bonds is 7. The van der Waals surface area contributed by atoms with Crippen molar-refractivity contribution in [3.63, 3.8) is 0 Å². The number of hydrogen-bond acceptors (Lipinski definition) is 4. The van der Waals surface area contributed by atoms with E-state index >= 15 is 0 Å². The van der Waals surface area contributed by atoms with Gasteiger partial charge in [-0.05, 0) is 37.5 Å². The molecule has 0 radical (unpaired) electrons. The standard InChI is InChI=1S/C18H27N3O2/c1-13(15-6-8-17(23-5)9-7-15)14(2)19-12-18(3,22)16-10-20-21(4)11-16/h6-11,13-14,19,22H,12H2,1-5H3/t13-,14+,18+/m1/s1. The molecule has 0 aliphatic carbocycles. The second-order valence-electron chi connectivity index (χ2n) is 6.41. The lowest BCUT2D eigenvalue weighted by atomic mass is 9.93. The molecule has 2 N–H and O–H groups in total. The number of aryl methyl sites for hydroxylation is 1. The van der Waals surface area contributed by atoms with Crippen molar-refractivity contribution >= 4 is 0 Å². The Morgan fingerprint density at radius 3 is 2.48 bits per heavy atom. The third-order valence-electron chi connectivity index (χ3n) is 4.49. The summed E-state index contributed by atoms with van der Waals surface area (Å²) in [5.41, 5.74) is 1.12. The molecular formula is C18H27N3O2. The number of aliphatic hydroxyl groups is 1. The molecule has 0 unspecified atom stereocenters. The van der Waals surface area contributed by atoms with Crippen LogP contribution in [0.3, 0.4) is 0 Å². The largest absolute Gasteiger partial charge is 0.497 e. The van der Waals surface area contributed by atoms with Gasteiger partial charge in [0.2, 0.25) is 0 Å². The monoisotopic (exact) mass is 317 g/mol. The maximum Gasteiger partial charge on any atom is 0.118 e. The fourth-order valence-electron chi connectivity index (χ4n) is 2.53. The van der Waals surface area contributed by atoms with Crippen LogP contribution in [0, 0.1) is 0 Å². The molecule has 0 bridgehead atoms. The van der Waals surface area contributed by atoms with Crippen molar-refractivity contribution in [2.75, 3.05) is 13.7 Å². The van der Waals surface area contributed by atoms with Crippen molar-refractivity contribution in [1.82, 2.24) is 15.1 Å². The van der Waals surface area contributed by atoms with Gasteiger partial charge in [0.25, 0.3) is 0 Å². The van der Waals surface area contributed by atoms with Crippen LogP contribution in [0.5, 0.6) is 5.75 Å². The maximum atomic E-state index is 10.6. The van der Waals surface area contributed by atoms with Gasteiger partial charge in [-0.15, -0.1) is 0 Å². The Balaban J connectivity index is 1.96. The van der Waals surface area contributed by atoms with Gasteiger partial charge in [0.15, 0.2) is 0 Å². The van der Waals surface area contributed by atoms with Gasteiger partial charge in [0.05, 0.1) is 13.3 Å². The summed E-state index contributed by atoms with van der Waals surface area (Å²) in [6.07, 6.45) is 3.55. The first-order valence-corrected chi connectivity index (χ1v) is 7.92. The molecule has 0 saturated carbocycles. The SMILES string of the molecule is COc1ccc([C@H](C)[C@H](C)NC[C@](C)(O)c2cnn(C)c2)cc1. The van der Waals surface area contributed by atoms with E-state index < -0.39 is 5.60 Å². The lowest BCUT2D eigenvalue weighted by molar-refractivity contribution is 0.0535. The maximum absolute atomic E-state index is 10.6. The van der Waals surface area contributed by atoms with E-state index in [4.69, 9.17) is 4.74 Å². The van der Waals surface area contributed by atoms with E-state index in [1.54, 1.807) is 18.0 Å². The average Bonchev–Trinajstić information content (AvgIpc) is 2.99. The molecule has 1 aromatic heterocycles. The molecular weight excluding hydrogens is 290 g/mol. The molecule has 126 valence electrons. The summed E-state index contributed by atoms with van der Waals surface area (Å²) in [4.78, 5) is 0. The van der Waals surface area contributed by atoms with Gasteiger partial charge >= 0.3 is 0 Å². The third-order valence-corrected chi connectivity index (χ3v) is 4.49. The molecule has 5 nitrogen and oxygen atoms in total. The molecule has 0 spiro atoms. The topological polar surface area (TPSA) is 59.3 Å². The lowest BCUT2D eigenvalue weighted by Gasteiger charge is -2.28. The Kier molecular flexibility index (Phi) is 5.44. The normalized spacial score (nSPS) is 16.6. The molecule has 2 rings (SSSR count). The second-order valence-corrected chi connectivity index (χ2v) is 6.41. The molecule has 1 heterocycles. The van der Waals surface area contributed by atoms with E-state index in [9.17, 15) is 5.11 Å². The van der Waals surface area contributed by atoms with Crippen LogP contribution in [0.4, 0.5) is 0 Å². The predicted octanol–water partition coefficient (Wildman–Crippen LogP) is 2.42. The second kappa shape index (κ2) is 7.15. The highest BCUT2D eigenvalue weighted by molar-refractivity contribution is 5.29. The van der Waals surface area contributed by atoms with Crippen LogP contribution in [-0.2, 0) is 12.6 Å². The highest BCUT2D eigenvalue weighted by atomic mass is 16.5.